The van der Waals surface area contributed by atoms with Crippen molar-refractivity contribution >= 4 is 42.8 Å². The van der Waals surface area contributed by atoms with E-state index < -0.39 is 25.1 Å². The van der Waals surface area contributed by atoms with E-state index in [1.54, 1.807) is 30.3 Å². The van der Waals surface area contributed by atoms with Gasteiger partial charge in [-0.3, -0.25) is 4.98 Å². The predicted molar refractivity (Wildman–Crippen MR) is 105 cm³/mol. The van der Waals surface area contributed by atoms with Gasteiger partial charge in [0.2, 0.25) is 10.0 Å². The van der Waals surface area contributed by atoms with E-state index in [0.29, 0.717) is 9.90 Å². The van der Waals surface area contributed by atoms with Crippen LogP contribution in [0.15, 0.2) is 76.1 Å². The molecule has 0 bridgehead atoms. The minimum atomic E-state index is -3.89. The molecule has 0 aliphatic heterocycles. The number of nitrogens with zero attached hydrogens (tertiary/aromatic N) is 1. The lowest BCUT2D eigenvalue weighted by atomic mass is 10.2. The average Bonchev–Trinajstić information content (AvgIpc) is 3.11. The van der Waals surface area contributed by atoms with E-state index in [-0.39, 0.29) is 15.6 Å². The fraction of sp³-hybridized carbons (Fsp3) is 0.118. The molecule has 0 fully saturated rings. The van der Waals surface area contributed by atoms with Crippen LogP contribution in [0.2, 0.25) is 4.34 Å². The van der Waals surface area contributed by atoms with Crippen molar-refractivity contribution in [1.29, 1.82) is 0 Å². The summed E-state index contributed by atoms with van der Waals surface area (Å²) in [4.78, 5) is 4.07. The zero-order valence-corrected chi connectivity index (χ0v) is 17.0. The molecule has 27 heavy (non-hydrogen) atoms. The lowest BCUT2D eigenvalue weighted by Gasteiger charge is -2.18. The number of aromatic nitrogens is 1. The van der Waals surface area contributed by atoms with Crippen molar-refractivity contribution < 1.29 is 16.8 Å². The fourth-order valence-corrected chi connectivity index (χ4v) is 6.79. The maximum absolute atomic E-state index is 13.1. The van der Waals surface area contributed by atoms with Crippen molar-refractivity contribution in [2.45, 2.75) is 14.4 Å². The van der Waals surface area contributed by atoms with Crippen molar-refractivity contribution in [2.75, 3.05) is 6.54 Å². The number of benzene rings is 1. The topological polar surface area (TPSA) is 93.2 Å². The van der Waals surface area contributed by atoms with Crippen LogP contribution >= 0.6 is 22.9 Å². The lowest BCUT2D eigenvalue weighted by molar-refractivity contribution is 0.569. The number of sulfone groups is 1. The highest BCUT2D eigenvalue weighted by atomic mass is 35.5. The Balaban J connectivity index is 1.95. The molecule has 0 aliphatic carbocycles. The summed E-state index contributed by atoms with van der Waals surface area (Å²) in [6.07, 6.45) is 2.94. The molecule has 3 rings (SSSR count). The summed E-state index contributed by atoms with van der Waals surface area (Å²) in [5, 5.41) is -1.13. The normalized spacial score (nSPS) is 13.4. The Morgan fingerprint density at radius 1 is 1.00 bits per heavy atom. The molecular weight excluding hydrogens is 428 g/mol. The van der Waals surface area contributed by atoms with Gasteiger partial charge in [0.25, 0.3) is 0 Å². The number of hydrogen-bond donors (Lipinski definition) is 1. The number of hydrogen-bond acceptors (Lipinski definition) is 6. The van der Waals surface area contributed by atoms with Crippen LogP contribution in [0.25, 0.3) is 0 Å². The summed E-state index contributed by atoms with van der Waals surface area (Å²) < 4.78 is 53.9. The van der Waals surface area contributed by atoms with E-state index in [4.69, 9.17) is 11.6 Å². The maximum atomic E-state index is 13.1. The lowest BCUT2D eigenvalue weighted by Crippen LogP contribution is -2.31. The summed E-state index contributed by atoms with van der Waals surface area (Å²) in [7, 11) is -7.73. The van der Waals surface area contributed by atoms with Crippen LogP contribution in [0.1, 0.15) is 10.8 Å². The number of thiophene rings is 1. The maximum Gasteiger partial charge on any atom is 0.250 e. The predicted octanol–water partition coefficient (Wildman–Crippen LogP) is 3.29. The van der Waals surface area contributed by atoms with Gasteiger partial charge in [0.15, 0.2) is 9.84 Å². The largest absolute Gasteiger partial charge is 0.264 e. The number of nitrogens with one attached hydrogen (secondary N) is 1. The first-order chi connectivity index (χ1) is 12.8. The number of halogens is 1. The Hall–Kier alpha value is -1.78. The van der Waals surface area contributed by atoms with Gasteiger partial charge in [-0.25, -0.2) is 21.6 Å². The van der Waals surface area contributed by atoms with Crippen LogP contribution in [0.4, 0.5) is 0 Å². The zero-order chi connectivity index (χ0) is 19.5. The molecule has 10 heteroatoms. The summed E-state index contributed by atoms with van der Waals surface area (Å²) >= 11 is 6.70. The van der Waals surface area contributed by atoms with Gasteiger partial charge in [0.1, 0.15) is 9.46 Å². The van der Waals surface area contributed by atoms with E-state index in [9.17, 15) is 16.8 Å². The molecule has 2 heterocycles. The average molecular weight is 443 g/mol. The molecule has 1 atom stereocenters. The summed E-state index contributed by atoms with van der Waals surface area (Å²) in [5.41, 5.74) is 0.397. The van der Waals surface area contributed by atoms with Gasteiger partial charge in [-0.05, 0) is 35.9 Å². The second-order valence-corrected chi connectivity index (χ2v) is 11.4. The third kappa shape index (κ3) is 4.56. The van der Waals surface area contributed by atoms with Crippen LogP contribution in [0, 0.1) is 0 Å². The first-order valence-electron chi connectivity index (χ1n) is 7.74. The van der Waals surface area contributed by atoms with Gasteiger partial charge in [0.05, 0.1) is 9.23 Å². The van der Waals surface area contributed by atoms with Gasteiger partial charge in [0, 0.05) is 18.9 Å². The quantitative estimate of drug-likeness (QED) is 0.606. The molecule has 0 radical (unpaired) electrons. The van der Waals surface area contributed by atoms with Crippen LogP contribution in [0.3, 0.4) is 0 Å². The van der Waals surface area contributed by atoms with Crippen molar-refractivity contribution in [3.63, 3.8) is 0 Å². The Bertz CT molecular complexity index is 1120. The molecular formula is C17H15ClN2O4S3. The summed E-state index contributed by atoms with van der Waals surface area (Å²) in [6, 6.07) is 14.0. The molecule has 0 saturated carbocycles. The zero-order valence-electron chi connectivity index (χ0n) is 13.8. The summed E-state index contributed by atoms with van der Waals surface area (Å²) in [5.74, 6) is 0. The van der Waals surface area contributed by atoms with E-state index in [1.165, 1.54) is 36.7 Å². The van der Waals surface area contributed by atoms with Crippen molar-refractivity contribution in [3.8, 4) is 0 Å². The highest BCUT2D eigenvalue weighted by Gasteiger charge is 2.31. The molecule has 0 aliphatic rings. The molecule has 142 valence electrons. The van der Waals surface area contributed by atoms with Crippen molar-refractivity contribution in [1.82, 2.24) is 9.71 Å². The SMILES string of the molecule is O=S(=O)(NC[C@@H](c1cccnc1)S(=O)(=O)c1ccccc1)c1ccc(Cl)s1. The first kappa shape index (κ1) is 20.0. The molecule has 1 N–H and O–H groups in total. The van der Waals surface area contributed by atoms with Gasteiger partial charge >= 0.3 is 0 Å². The Morgan fingerprint density at radius 2 is 1.74 bits per heavy atom. The van der Waals surface area contributed by atoms with Gasteiger partial charge < -0.3 is 0 Å². The van der Waals surface area contributed by atoms with Crippen LogP contribution in [0.5, 0.6) is 0 Å². The molecule has 0 amide bonds. The molecule has 0 unspecified atom stereocenters. The fourth-order valence-electron chi connectivity index (χ4n) is 2.45. The molecule has 0 saturated heterocycles. The Kier molecular flexibility index (Phi) is 5.97. The van der Waals surface area contributed by atoms with Crippen LogP contribution in [-0.4, -0.2) is 28.4 Å². The second-order valence-electron chi connectivity index (χ2n) is 5.54. The van der Waals surface area contributed by atoms with Crippen LogP contribution in [-0.2, 0) is 19.9 Å². The van der Waals surface area contributed by atoms with Crippen molar-refractivity contribution in [3.05, 3.63) is 76.9 Å². The highest BCUT2D eigenvalue weighted by molar-refractivity contribution is 7.92. The minimum absolute atomic E-state index is 0.0227. The Morgan fingerprint density at radius 3 is 2.33 bits per heavy atom. The van der Waals surface area contributed by atoms with Crippen molar-refractivity contribution in [2.24, 2.45) is 0 Å². The molecule has 6 nitrogen and oxygen atoms in total. The van der Waals surface area contributed by atoms with Gasteiger partial charge in [-0.2, -0.15) is 0 Å². The third-order valence-corrected chi connectivity index (χ3v) is 9.04. The molecule has 2 aromatic heterocycles. The highest BCUT2D eigenvalue weighted by Crippen LogP contribution is 2.29. The monoisotopic (exact) mass is 442 g/mol. The Labute approximate surface area is 166 Å². The molecule has 0 spiro atoms. The smallest absolute Gasteiger partial charge is 0.250 e. The number of rotatable bonds is 7. The van der Waals surface area contributed by atoms with E-state index in [2.05, 4.69) is 9.71 Å². The van der Waals surface area contributed by atoms with E-state index in [0.717, 1.165) is 11.3 Å². The number of pyridine rings is 1. The van der Waals surface area contributed by atoms with Gasteiger partial charge in [-0.1, -0.05) is 35.9 Å². The van der Waals surface area contributed by atoms with Gasteiger partial charge in [-0.15, -0.1) is 11.3 Å². The van der Waals surface area contributed by atoms with E-state index >= 15 is 0 Å². The minimum Gasteiger partial charge on any atom is -0.264 e. The van der Waals surface area contributed by atoms with Crippen LogP contribution < -0.4 is 4.72 Å². The van der Waals surface area contributed by atoms with E-state index in [1.807, 2.05) is 0 Å². The molecule has 3 aromatic rings. The second kappa shape index (κ2) is 8.07. The third-order valence-electron chi connectivity index (χ3n) is 3.77. The first-order valence-corrected chi connectivity index (χ1v) is 12.0. The summed E-state index contributed by atoms with van der Waals surface area (Å²) in [6.45, 7) is -0.333. The molecule has 1 aromatic carbocycles. The number of sulfonamides is 1. The standard InChI is InChI=1S/C17H15ClN2O4S3/c18-16-8-9-17(25-16)27(23,24)20-12-15(13-5-4-10-19-11-13)26(21,22)14-6-2-1-3-7-14/h1-11,15,20H,12H2/t15-/m0/s1.